The zero-order valence-corrected chi connectivity index (χ0v) is 16.5. The van der Waals surface area contributed by atoms with Gasteiger partial charge in [0.15, 0.2) is 0 Å². The Bertz CT molecular complexity index is 1070. The van der Waals surface area contributed by atoms with E-state index in [1.54, 1.807) is 6.20 Å². The number of carbonyl (C=O) groups excluding carboxylic acids is 1. The molecule has 3 aromatic rings. The lowest BCUT2D eigenvalue weighted by atomic mass is 10.00. The van der Waals surface area contributed by atoms with Gasteiger partial charge in [0, 0.05) is 30.7 Å². The Morgan fingerprint density at radius 1 is 1.14 bits per heavy atom. The number of nitrogens with zero attached hydrogens (tertiary/aromatic N) is 3. The first-order chi connectivity index (χ1) is 14.0. The molecule has 0 saturated carbocycles. The lowest BCUT2D eigenvalue weighted by Gasteiger charge is -2.25. The van der Waals surface area contributed by atoms with Crippen molar-refractivity contribution in [2.24, 2.45) is 0 Å². The molecule has 4 rings (SSSR count). The van der Waals surface area contributed by atoms with E-state index in [0.29, 0.717) is 18.7 Å². The van der Waals surface area contributed by atoms with Crippen molar-refractivity contribution >= 4 is 33.6 Å². The molecule has 1 amide bonds. The first kappa shape index (κ1) is 19.3. The average Bonchev–Trinajstić information content (AvgIpc) is 2.98. The maximum Gasteiger partial charge on any atom is 0.317 e. The number of hydrogen-bond donors (Lipinski definition) is 1. The van der Waals surface area contributed by atoms with Crippen molar-refractivity contribution < 1.29 is 14.7 Å². The molecule has 150 valence electrons. The topological polar surface area (TPSA) is 73.7 Å². The lowest BCUT2D eigenvalue weighted by molar-refractivity contribution is -0.138. The highest BCUT2D eigenvalue weighted by Gasteiger charge is 2.26. The first-order valence-electron chi connectivity index (χ1n) is 10.0. The zero-order chi connectivity index (χ0) is 20.4. The molecule has 29 heavy (non-hydrogen) atoms. The van der Waals surface area contributed by atoms with Crippen molar-refractivity contribution in [1.82, 2.24) is 14.8 Å². The number of aliphatic carboxylic acids is 1. The summed E-state index contributed by atoms with van der Waals surface area (Å²) in [4.78, 5) is 32.8. The summed E-state index contributed by atoms with van der Waals surface area (Å²) in [5, 5.41) is 12.2. The first-order valence-corrected chi connectivity index (χ1v) is 10.0. The Morgan fingerprint density at radius 3 is 2.76 bits per heavy atom. The summed E-state index contributed by atoms with van der Waals surface area (Å²) < 4.78 is 0. The molecule has 2 heterocycles. The highest BCUT2D eigenvalue weighted by molar-refractivity contribution is 6.15. The van der Waals surface area contributed by atoms with Crippen LogP contribution in [0.25, 0.3) is 21.7 Å². The number of rotatable bonds is 4. The van der Waals surface area contributed by atoms with Crippen LogP contribution in [0.3, 0.4) is 0 Å². The summed E-state index contributed by atoms with van der Waals surface area (Å²) in [7, 11) is 1.84. The molecule has 1 aliphatic rings. The quantitative estimate of drug-likeness (QED) is 0.690. The molecule has 1 saturated heterocycles. The largest absolute Gasteiger partial charge is 0.480 e. The second-order valence-corrected chi connectivity index (χ2v) is 7.73. The minimum atomic E-state index is -0.821. The van der Waals surface area contributed by atoms with Gasteiger partial charge in [0.05, 0.1) is 17.6 Å². The normalized spacial score (nSPS) is 17.6. The molecule has 1 fully saturated rings. The number of benzene rings is 2. The van der Waals surface area contributed by atoms with Crippen LogP contribution in [0.2, 0.25) is 0 Å². The smallest absolute Gasteiger partial charge is 0.317 e. The van der Waals surface area contributed by atoms with Gasteiger partial charge in [0.2, 0.25) is 0 Å². The van der Waals surface area contributed by atoms with Crippen molar-refractivity contribution in [3.05, 3.63) is 54.2 Å². The lowest BCUT2D eigenvalue weighted by Crippen LogP contribution is -2.37. The van der Waals surface area contributed by atoms with Crippen LogP contribution in [-0.2, 0) is 4.79 Å². The van der Waals surface area contributed by atoms with Gasteiger partial charge in [0.1, 0.15) is 0 Å². The Kier molecular flexibility index (Phi) is 5.45. The highest BCUT2D eigenvalue weighted by Crippen LogP contribution is 2.28. The van der Waals surface area contributed by atoms with Gasteiger partial charge < -0.3 is 10.0 Å². The second-order valence-electron chi connectivity index (χ2n) is 7.73. The third-order valence-corrected chi connectivity index (χ3v) is 5.84. The predicted octanol–water partition coefficient (Wildman–Crippen LogP) is 3.40. The number of fused-ring (bicyclic) bond motifs is 3. The third kappa shape index (κ3) is 3.93. The minimum absolute atomic E-state index is 0.000917. The van der Waals surface area contributed by atoms with Gasteiger partial charge in [0.25, 0.3) is 5.91 Å². The number of hydrogen-bond acceptors (Lipinski definition) is 4. The standard InChI is InChI=1S/C23H25N3O3/c1-25(15-21(27)28)17-7-5-12-26(13-10-17)23(29)20-14-16-6-2-3-8-18(16)19-9-4-11-24-22(19)20/h2-4,6,8-9,11,14,17H,5,7,10,12-13,15H2,1H3,(H,27,28). The fourth-order valence-electron chi connectivity index (χ4n) is 4.33. The van der Waals surface area contributed by atoms with Crippen LogP contribution in [0, 0.1) is 0 Å². The number of likely N-dealkylation sites (tertiary alicyclic amines) is 1. The van der Waals surface area contributed by atoms with Crippen LogP contribution in [0.1, 0.15) is 29.6 Å². The fourth-order valence-corrected chi connectivity index (χ4v) is 4.33. The number of carboxylic acid groups (broad SMARTS) is 1. The van der Waals surface area contributed by atoms with Gasteiger partial charge in [-0.2, -0.15) is 0 Å². The minimum Gasteiger partial charge on any atom is -0.480 e. The molecule has 0 radical (unpaired) electrons. The molecule has 6 nitrogen and oxygen atoms in total. The van der Waals surface area contributed by atoms with E-state index in [1.807, 2.05) is 53.2 Å². The highest BCUT2D eigenvalue weighted by atomic mass is 16.4. The molecule has 0 spiro atoms. The molecular formula is C23H25N3O3. The Morgan fingerprint density at radius 2 is 1.93 bits per heavy atom. The van der Waals surface area contributed by atoms with Crippen molar-refractivity contribution in [3.63, 3.8) is 0 Å². The van der Waals surface area contributed by atoms with Gasteiger partial charge in [-0.25, -0.2) is 0 Å². The van der Waals surface area contributed by atoms with Crippen LogP contribution in [0.15, 0.2) is 48.7 Å². The Balaban J connectivity index is 1.62. The van der Waals surface area contributed by atoms with Crippen molar-refractivity contribution in [2.45, 2.75) is 25.3 Å². The van der Waals surface area contributed by atoms with Gasteiger partial charge in [-0.1, -0.05) is 30.3 Å². The number of carbonyl (C=O) groups is 2. The molecular weight excluding hydrogens is 366 g/mol. The van der Waals surface area contributed by atoms with Crippen molar-refractivity contribution in [3.8, 4) is 0 Å². The zero-order valence-electron chi connectivity index (χ0n) is 16.5. The third-order valence-electron chi connectivity index (χ3n) is 5.84. The average molecular weight is 391 g/mol. The van der Waals surface area contributed by atoms with Gasteiger partial charge in [-0.15, -0.1) is 0 Å². The summed E-state index contributed by atoms with van der Waals surface area (Å²) in [6.45, 7) is 1.32. The van der Waals surface area contributed by atoms with E-state index >= 15 is 0 Å². The van der Waals surface area contributed by atoms with Crippen LogP contribution in [-0.4, -0.2) is 64.5 Å². The maximum atomic E-state index is 13.4. The van der Waals surface area contributed by atoms with E-state index < -0.39 is 5.97 Å². The molecule has 1 aromatic heterocycles. The number of likely N-dealkylation sites (N-methyl/N-ethyl adjacent to an activating group) is 1. The molecule has 0 aliphatic carbocycles. The van der Waals surface area contributed by atoms with Crippen molar-refractivity contribution in [2.75, 3.05) is 26.7 Å². The van der Waals surface area contributed by atoms with Gasteiger partial charge in [-0.3, -0.25) is 19.5 Å². The molecule has 0 bridgehead atoms. The van der Waals surface area contributed by atoms with Crippen LogP contribution in [0.5, 0.6) is 0 Å². The fraction of sp³-hybridized carbons (Fsp3) is 0.348. The molecule has 1 aliphatic heterocycles. The van der Waals surface area contributed by atoms with E-state index in [4.69, 9.17) is 5.11 Å². The molecule has 6 heteroatoms. The number of pyridine rings is 1. The summed E-state index contributed by atoms with van der Waals surface area (Å²) in [6, 6.07) is 14.1. The summed E-state index contributed by atoms with van der Waals surface area (Å²) >= 11 is 0. The molecule has 2 aromatic carbocycles. The number of amides is 1. The summed E-state index contributed by atoms with van der Waals surface area (Å²) in [5.41, 5.74) is 1.37. The molecule has 1 atom stereocenters. The molecule has 1 unspecified atom stereocenters. The van der Waals surface area contributed by atoms with E-state index in [2.05, 4.69) is 11.1 Å². The van der Waals surface area contributed by atoms with Crippen LogP contribution < -0.4 is 0 Å². The van der Waals surface area contributed by atoms with E-state index in [1.165, 1.54) is 0 Å². The van der Waals surface area contributed by atoms with E-state index in [-0.39, 0.29) is 18.5 Å². The molecule has 1 N–H and O–H groups in total. The number of carboxylic acids is 1. The van der Waals surface area contributed by atoms with E-state index in [0.717, 1.165) is 40.9 Å². The number of aromatic nitrogens is 1. The Hall–Kier alpha value is -2.99. The van der Waals surface area contributed by atoms with Crippen molar-refractivity contribution in [1.29, 1.82) is 0 Å². The summed E-state index contributed by atoms with van der Waals surface area (Å²) in [6.07, 6.45) is 4.26. The SMILES string of the molecule is CN(CC(=O)O)C1CCCN(C(=O)c2cc3ccccc3c3cccnc23)CC1. The van der Waals surface area contributed by atoms with Gasteiger partial charge in [-0.05, 0) is 49.2 Å². The summed E-state index contributed by atoms with van der Waals surface area (Å²) in [5.74, 6) is -0.820. The van der Waals surface area contributed by atoms with E-state index in [9.17, 15) is 9.59 Å². The predicted molar refractivity (Wildman–Crippen MR) is 113 cm³/mol. The monoisotopic (exact) mass is 391 g/mol. The van der Waals surface area contributed by atoms with Gasteiger partial charge >= 0.3 is 5.97 Å². The Labute approximate surface area is 169 Å². The van der Waals surface area contributed by atoms with Crippen LogP contribution in [0.4, 0.5) is 0 Å². The maximum absolute atomic E-state index is 13.4. The van der Waals surface area contributed by atoms with Crippen LogP contribution >= 0.6 is 0 Å². The second kappa shape index (κ2) is 8.17.